The second-order valence-corrected chi connectivity index (χ2v) is 5.12. The van der Waals surface area contributed by atoms with Gasteiger partial charge in [-0.15, -0.1) is 0 Å². The molecule has 106 valence electrons. The van der Waals surface area contributed by atoms with Crippen molar-refractivity contribution in [1.29, 1.82) is 0 Å². The van der Waals surface area contributed by atoms with Crippen LogP contribution in [0.2, 0.25) is 0 Å². The second kappa shape index (κ2) is 6.01. The van der Waals surface area contributed by atoms with Crippen LogP contribution in [0.15, 0.2) is 0 Å². The van der Waals surface area contributed by atoms with E-state index in [0.29, 0.717) is 32.0 Å². The molecule has 0 aromatic carbocycles. The van der Waals surface area contributed by atoms with Gasteiger partial charge < -0.3 is 16.0 Å². The number of carbonyl (C=O) groups is 3. The lowest BCUT2D eigenvalue weighted by Crippen LogP contribution is -2.51. The van der Waals surface area contributed by atoms with Gasteiger partial charge in [0.15, 0.2) is 0 Å². The number of nitrogens with zero attached hydrogens (tertiary/aromatic N) is 1. The summed E-state index contributed by atoms with van der Waals surface area (Å²) < 4.78 is 0. The molecule has 0 aliphatic carbocycles. The number of amides is 4. The van der Waals surface area contributed by atoms with Crippen LogP contribution in [0.3, 0.4) is 0 Å². The molecule has 2 aliphatic heterocycles. The number of piperidine rings is 1. The molecule has 1 atom stereocenters. The normalized spacial score (nSPS) is 25.5. The average molecular weight is 268 g/mol. The average Bonchev–Trinajstić information content (AvgIpc) is 2.59. The van der Waals surface area contributed by atoms with Crippen molar-refractivity contribution in [3.8, 4) is 0 Å². The van der Waals surface area contributed by atoms with E-state index in [9.17, 15) is 14.4 Å². The Balaban J connectivity index is 1.92. The molecule has 0 spiro atoms. The van der Waals surface area contributed by atoms with Crippen LogP contribution in [-0.4, -0.2) is 48.4 Å². The number of carbonyl (C=O) groups excluding carboxylic acids is 3. The molecular formula is C12H20N4O3. The van der Waals surface area contributed by atoms with Crippen molar-refractivity contribution in [2.24, 2.45) is 11.7 Å². The van der Waals surface area contributed by atoms with E-state index < -0.39 is 12.1 Å². The van der Waals surface area contributed by atoms with E-state index in [-0.39, 0.29) is 18.2 Å². The maximum absolute atomic E-state index is 12.3. The fraction of sp³-hybridized carbons (Fsp3) is 0.750. The van der Waals surface area contributed by atoms with Crippen LogP contribution in [0.1, 0.15) is 25.7 Å². The Morgan fingerprint density at radius 1 is 1.26 bits per heavy atom. The van der Waals surface area contributed by atoms with E-state index >= 15 is 0 Å². The van der Waals surface area contributed by atoms with Gasteiger partial charge in [-0.1, -0.05) is 0 Å². The van der Waals surface area contributed by atoms with Crippen molar-refractivity contribution >= 4 is 17.8 Å². The monoisotopic (exact) mass is 268 g/mol. The molecule has 0 aromatic heterocycles. The van der Waals surface area contributed by atoms with Gasteiger partial charge in [-0.3, -0.25) is 14.9 Å². The summed E-state index contributed by atoms with van der Waals surface area (Å²) in [4.78, 5) is 36.6. The van der Waals surface area contributed by atoms with Crippen molar-refractivity contribution in [2.45, 2.75) is 31.7 Å². The molecule has 7 nitrogen and oxygen atoms in total. The minimum atomic E-state index is -0.596. The summed E-state index contributed by atoms with van der Waals surface area (Å²) in [5, 5.41) is 4.71. The van der Waals surface area contributed by atoms with Gasteiger partial charge >= 0.3 is 6.03 Å². The smallest absolute Gasteiger partial charge is 0.322 e. The van der Waals surface area contributed by atoms with Gasteiger partial charge in [0, 0.05) is 19.5 Å². The fourth-order valence-electron chi connectivity index (χ4n) is 2.53. The first-order valence-corrected chi connectivity index (χ1v) is 6.69. The maximum Gasteiger partial charge on any atom is 0.322 e. The van der Waals surface area contributed by atoms with E-state index in [2.05, 4.69) is 10.6 Å². The second-order valence-electron chi connectivity index (χ2n) is 5.12. The van der Waals surface area contributed by atoms with E-state index in [1.807, 2.05) is 0 Å². The summed E-state index contributed by atoms with van der Waals surface area (Å²) in [7, 11) is 0. The molecule has 19 heavy (non-hydrogen) atoms. The van der Waals surface area contributed by atoms with E-state index in [1.165, 1.54) is 0 Å². The molecule has 4 N–H and O–H groups in total. The highest BCUT2D eigenvalue weighted by atomic mass is 16.2. The Morgan fingerprint density at radius 3 is 2.58 bits per heavy atom. The number of rotatable bonds is 2. The van der Waals surface area contributed by atoms with E-state index in [1.54, 1.807) is 4.90 Å². The molecule has 2 heterocycles. The Bertz CT molecular complexity index is 377. The molecule has 0 saturated carbocycles. The van der Waals surface area contributed by atoms with Gasteiger partial charge in [0.2, 0.25) is 11.8 Å². The summed E-state index contributed by atoms with van der Waals surface area (Å²) in [5.41, 5.74) is 5.62. The van der Waals surface area contributed by atoms with Crippen LogP contribution < -0.4 is 16.4 Å². The highest BCUT2D eigenvalue weighted by Gasteiger charge is 2.31. The Labute approximate surface area is 111 Å². The molecule has 0 radical (unpaired) electrons. The van der Waals surface area contributed by atoms with Crippen molar-refractivity contribution in [3.63, 3.8) is 0 Å². The van der Waals surface area contributed by atoms with Crippen molar-refractivity contribution < 1.29 is 14.4 Å². The predicted octanol–water partition coefficient (Wildman–Crippen LogP) is -0.828. The topological polar surface area (TPSA) is 105 Å². The highest BCUT2D eigenvalue weighted by Crippen LogP contribution is 2.17. The summed E-state index contributed by atoms with van der Waals surface area (Å²) >= 11 is 0. The molecule has 7 heteroatoms. The van der Waals surface area contributed by atoms with Crippen LogP contribution in [0, 0.1) is 5.92 Å². The molecule has 2 fully saturated rings. The summed E-state index contributed by atoms with van der Waals surface area (Å²) in [6, 6.07) is -1.18. The number of nitrogens with one attached hydrogen (secondary N) is 2. The van der Waals surface area contributed by atoms with Crippen LogP contribution in [0.25, 0.3) is 0 Å². The quantitative estimate of drug-likeness (QED) is 0.608. The van der Waals surface area contributed by atoms with Crippen molar-refractivity contribution in [1.82, 2.24) is 15.5 Å². The predicted molar refractivity (Wildman–Crippen MR) is 68.1 cm³/mol. The first-order valence-electron chi connectivity index (χ1n) is 6.69. The molecule has 2 aliphatic rings. The van der Waals surface area contributed by atoms with Gasteiger partial charge in [-0.25, -0.2) is 4.79 Å². The lowest BCUT2D eigenvalue weighted by Gasteiger charge is -2.33. The fourth-order valence-corrected chi connectivity index (χ4v) is 2.53. The standard InChI is InChI=1S/C12H20N4O3/c13-7-8-3-5-16(6-4-8)11(18)9-1-2-10(17)15-12(19)14-9/h8-9H,1-7,13H2,(H2,14,15,17,19)/t9-/m1/s1. The molecular weight excluding hydrogens is 248 g/mol. The van der Waals surface area contributed by atoms with Crippen molar-refractivity contribution in [3.05, 3.63) is 0 Å². The third-order valence-corrected chi connectivity index (χ3v) is 3.78. The first kappa shape index (κ1) is 13.8. The minimum absolute atomic E-state index is 0.0969. The number of nitrogens with two attached hydrogens (primary N) is 1. The largest absolute Gasteiger partial charge is 0.341 e. The summed E-state index contributed by atoms with van der Waals surface area (Å²) in [6.07, 6.45) is 2.35. The number of imide groups is 1. The van der Waals surface area contributed by atoms with Crippen LogP contribution >= 0.6 is 0 Å². The van der Waals surface area contributed by atoms with Crippen LogP contribution in [0.5, 0.6) is 0 Å². The molecule has 0 unspecified atom stereocenters. The first-order chi connectivity index (χ1) is 9.10. The number of urea groups is 1. The number of hydrogen-bond acceptors (Lipinski definition) is 4. The van der Waals surface area contributed by atoms with Gasteiger partial charge in [0.05, 0.1) is 0 Å². The highest BCUT2D eigenvalue weighted by molar-refractivity contribution is 5.98. The molecule has 0 aromatic rings. The molecule has 4 amide bonds. The van der Waals surface area contributed by atoms with E-state index in [4.69, 9.17) is 5.73 Å². The zero-order valence-corrected chi connectivity index (χ0v) is 10.9. The summed E-state index contributed by atoms with van der Waals surface area (Å²) in [5.74, 6) is 0.0472. The van der Waals surface area contributed by atoms with Gasteiger partial charge in [-0.05, 0) is 31.7 Å². The number of hydrogen-bond donors (Lipinski definition) is 3. The van der Waals surface area contributed by atoms with Gasteiger partial charge in [0.25, 0.3) is 0 Å². The zero-order valence-electron chi connectivity index (χ0n) is 10.9. The van der Waals surface area contributed by atoms with Gasteiger partial charge in [-0.2, -0.15) is 0 Å². The molecule has 0 bridgehead atoms. The van der Waals surface area contributed by atoms with Gasteiger partial charge in [0.1, 0.15) is 6.04 Å². The zero-order chi connectivity index (χ0) is 13.8. The van der Waals surface area contributed by atoms with Crippen LogP contribution in [-0.2, 0) is 9.59 Å². The Hall–Kier alpha value is -1.63. The SMILES string of the molecule is NCC1CCN(C(=O)[C@H]2CCC(=O)NC(=O)N2)CC1. The molecule has 2 saturated heterocycles. The minimum Gasteiger partial charge on any atom is -0.341 e. The Morgan fingerprint density at radius 2 is 1.95 bits per heavy atom. The Kier molecular flexibility index (Phi) is 4.36. The number of likely N-dealkylation sites (tertiary alicyclic amines) is 1. The summed E-state index contributed by atoms with van der Waals surface area (Å²) in [6.45, 7) is 2.00. The van der Waals surface area contributed by atoms with Crippen molar-refractivity contribution in [2.75, 3.05) is 19.6 Å². The lowest BCUT2D eigenvalue weighted by atomic mass is 9.96. The van der Waals surface area contributed by atoms with E-state index in [0.717, 1.165) is 12.8 Å². The third kappa shape index (κ3) is 3.44. The molecule has 2 rings (SSSR count). The van der Waals surface area contributed by atoms with Crippen LogP contribution in [0.4, 0.5) is 4.79 Å². The maximum atomic E-state index is 12.3. The lowest BCUT2D eigenvalue weighted by molar-refractivity contribution is -0.134. The third-order valence-electron chi connectivity index (χ3n) is 3.78.